The van der Waals surface area contributed by atoms with Gasteiger partial charge >= 0.3 is 6.09 Å². The topological polar surface area (TPSA) is 48.0 Å². The summed E-state index contributed by atoms with van der Waals surface area (Å²) in [5.74, 6) is 0.564. The molecule has 1 aliphatic heterocycles. The van der Waals surface area contributed by atoms with Gasteiger partial charge in [0.1, 0.15) is 5.60 Å². The predicted octanol–water partition coefficient (Wildman–Crippen LogP) is 5.84. The van der Waals surface area contributed by atoms with E-state index in [0.717, 1.165) is 19.3 Å². The zero-order valence-corrected chi connectivity index (χ0v) is 21.3. The molecule has 0 aliphatic carbocycles. The Morgan fingerprint density at radius 2 is 1.75 bits per heavy atom. The maximum atomic E-state index is 13.1. The highest BCUT2D eigenvalue weighted by molar-refractivity contribution is 6.74. The van der Waals surface area contributed by atoms with Gasteiger partial charge in [-0.2, -0.15) is 0 Å². The zero-order chi connectivity index (χ0) is 22.0. The smallest absolute Gasteiger partial charge is 0.410 e. The molecule has 6 heteroatoms. The first kappa shape index (κ1) is 25.4. The summed E-state index contributed by atoms with van der Waals surface area (Å²) in [6.45, 7) is 22.6. The van der Waals surface area contributed by atoms with Crippen molar-refractivity contribution >= 4 is 14.4 Å². The summed E-state index contributed by atoms with van der Waals surface area (Å²) in [6.07, 6.45) is 2.51. The Labute approximate surface area is 174 Å². The second-order valence-electron chi connectivity index (χ2n) is 11.4. The Morgan fingerprint density at radius 1 is 1.18 bits per heavy atom. The van der Waals surface area contributed by atoms with Gasteiger partial charge in [0.2, 0.25) is 0 Å². The van der Waals surface area contributed by atoms with E-state index in [0.29, 0.717) is 19.1 Å². The van der Waals surface area contributed by atoms with E-state index in [1.807, 2.05) is 25.7 Å². The van der Waals surface area contributed by atoms with Crippen LogP contribution >= 0.6 is 0 Å². The molecule has 0 unspecified atom stereocenters. The van der Waals surface area contributed by atoms with Gasteiger partial charge < -0.3 is 13.9 Å². The Hall–Kier alpha value is -0.593. The maximum absolute atomic E-state index is 13.1. The number of hydrogen-bond donors (Lipinski definition) is 0. The lowest BCUT2D eigenvalue weighted by Gasteiger charge is -2.39. The molecule has 0 N–H and O–H groups in total. The Morgan fingerprint density at radius 3 is 2.18 bits per heavy atom. The normalized spacial score (nSPS) is 24.1. The molecule has 2 atom stereocenters. The van der Waals surface area contributed by atoms with Gasteiger partial charge in [-0.25, -0.2) is 4.79 Å². The van der Waals surface area contributed by atoms with Gasteiger partial charge in [0, 0.05) is 13.7 Å². The molecular weight excluding hydrogens is 370 g/mol. The molecule has 1 heterocycles. The molecule has 1 saturated heterocycles. The van der Waals surface area contributed by atoms with Gasteiger partial charge in [0.15, 0.2) is 8.32 Å². The van der Waals surface area contributed by atoms with Crippen molar-refractivity contribution in [2.75, 3.05) is 20.3 Å². The van der Waals surface area contributed by atoms with Crippen LogP contribution in [-0.4, -0.2) is 56.8 Å². The monoisotopic (exact) mass is 415 g/mol. The molecule has 0 spiro atoms. The van der Waals surface area contributed by atoms with Crippen molar-refractivity contribution < 1.29 is 18.7 Å². The fraction of sp³-hybridized carbons (Fsp3) is 0.955. The fourth-order valence-electron chi connectivity index (χ4n) is 3.53. The summed E-state index contributed by atoms with van der Waals surface area (Å²) in [5, 5.41) is 0.133. The van der Waals surface area contributed by atoms with Crippen molar-refractivity contribution in [3.63, 3.8) is 0 Å². The maximum Gasteiger partial charge on any atom is 0.410 e. The molecule has 0 aromatic rings. The number of nitrogens with zero attached hydrogens (tertiary/aromatic N) is 1. The average molecular weight is 416 g/mol. The molecule has 1 rings (SSSR count). The third-order valence-corrected chi connectivity index (χ3v) is 10.6. The third-order valence-electron chi connectivity index (χ3n) is 6.05. The van der Waals surface area contributed by atoms with Crippen molar-refractivity contribution in [2.45, 2.75) is 110 Å². The number of carbonyl (C=O) groups is 1. The van der Waals surface area contributed by atoms with Crippen LogP contribution in [0.1, 0.15) is 74.7 Å². The van der Waals surface area contributed by atoms with Gasteiger partial charge in [-0.05, 0) is 64.1 Å². The SMILES string of the molecule is COC[C@]1(CCC(C)C)C[C@@H](O[Si](C)(C)C(C)(C)C)CN1C(=O)OC(C)(C)C. The van der Waals surface area contributed by atoms with Crippen molar-refractivity contribution in [3.8, 4) is 0 Å². The average Bonchev–Trinajstić information content (AvgIpc) is 2.81. The minimum atomic E-state index is -1.93. The molecule has 0 bridgehead atoms. The van der Waals surface area contributed by atoms with Crippen LogP contribution < -0.4 is 0 Å². The minimum absolute atomic E-state index is 0.0238. The number of ether oxygens (including phenoxy) is 2. The third kappa shape index (κ3) is 6.73. The van der Waals surface area contributed by atoms with E-state index in [1.54, 1.807) is 7.11 Å². The van der Waals surface area contributed by atoms with Crippen molar-refractivity contribution in [1.29, 1.82) is 0 Å². The first-order chi connectivity index (χ1) is 12.5. The standard InChI is InChI=1S/C22H45NO4Si/c1-17(2)12-13-22(16-25-9)14-18(27-28(10,11)21(6,7)8)15-23(22)19(24)26-20(3,4)5/h17-18H,12-16H2,1-11H3/t18-,22+/m1/s1. The van der Waals surface area contributed by atoms with Crippen molar-refractivity contribution in [3.05, 3.63) is 0 Å². The number of likely N-dealkylation sites (tertiary alicyclic amines) is 1. The second kappa shape index (κ2) is 9.05. The molecular formula is C22H45NO4Si. The van der Waals surface area contributed by atoms with E-state index in [9.17, 15) is 4.79 Å². The summed E-state index contributed by atoms with van der Waals surface area (Å²) in [5.41, 5.74) is -0.888. The molecule has 0 saturated carbocycles. The van der Waals surface area contributed by atoms with Crippen LogP contribution in [0.4, 0.5) is 4.79 Å². The molecule has 1 amide bonds. The van der Waals surface area contributed by atoms with E-state index >= 15 is 0 Å². The molecule has 0 aromatic heterocycles. The summed E-state index contributed by atoms with van der Waals surface area (Å²) in [6, 6.07) is 0. The van der Waals surface area contributed by atoms with Crippen LogP contribution in [0.5, 0.6) is 0 Å². The predicted molar refractivity (Wildman–Crippen MR) is 118 cm³/mol. The Kier molecular flexibility index (Phi) is 8.22. The fourth-order valence-corrected chi connectivity index (χ4v) is 4.87. The summed E-state index contributed by atoms with van der Waals surface area (Å²) >= 11 is 0. The molecule has 1 aliphatic rings. The quantitative estimate of drug-likeness (QED) is 0.490. The highest BCUT2D eigenvalue weighted by atomic mass is 28.4. The summed E-state index contributed by atoms with van der Waals surface area (Å²) < 4.78 is 18.1. The number of methoxy groups -OCH3 is 1. The highest BCUT2D eigenvalue weighted by Crippen LogP contribution is 2.42. The first-order valence-corrected chi connectivity index (χ1v) is 13.6. The van der Waals surface area contributed by atoms with E-state index in [1.165, 1.54) is 0 Å². The zero-order valence-electron chi connectivity index (χ0n) is 20.3. The summed E-state index contributed by atoms with van der Waals surface area (Å²) in [7, 11) is -0.216. The van der Waals surface area contributed by atoms with E-state index in [4.69, 9.17) is 13.9 Å². The van der Waals surface area contributed by atoms with E-state index in [-0.39, 0.29) is 22.8 Å². The lowest BCUT2D eigenvalue weighted by molar-refractivity contribution is -0.0148. The van der Waals surface area contributed by atoms with Crippen LogP contribution in [0.25, 0.3) is 0 Å². The Balaban J connectivity index is 3.16. The molecule has 166 valence electrons. The second-order valence-corrected chi connectivity index (χ2v) is 16.1. The molecule has 5 nitrogen and oxygen atoms in total. The van der Waals surface area contributed by atoms with Gasteiger partial charge in [0.25, 0.3) is 0 Å². The largest absolute Gasteiger partial charge is 0.444 e. The Bertz CT molecular complexity index is 522. The van der Waals surface area contributed by atoms with Crippen LogP contribution in [0, 0.1) is 5.92 Å². The van der Waals surface area contributed by atoms with Crippen molar-refractivity contribution in [2.24, 2.45) is 5.92 Å². The van der Waals surface area contributed by atoms with Crippen LogP contribution in [0.3, 0.4) is 0 Å². The van der Waals surface area contributed by atoms with Crippen LogP contribution in [-0.2, 0) is 13.9 Å². The molecule has 0 aromatic carbocycles. The van der Waals surface area contributed by atoms with E-state index < -0.39 is 13.9 Å². The lowest BCUT2D eigenvalue weighted by atomic mass is 9.88. The minimum Gasteiger partial charge on any atom is -0.444 e. The van der Waals surface area contributed by atoms with E-state index in [2.05, 4.69) is 47.7 Å². The van der Waals surface area contributed by atoms with Gasteiger partial charge in [-0.3, -0.25) is 4.90 Å². The number of amides is 1. The number of hydrogen-bond acceptors (Lipinski definition) is 4. The summed E-state index contributed by atoms with van der Waals surface area (Å²) in [4.78, 5) is 15.0. The molecule has 0 radical (unpaired) electrons. The van der Waals surface area contributed by atoms with Crippen LogP contribution in [0.2, 0.25) is 18.1 Å². The van der Waals surface area contributed by atoms with Crippen molar-refractivity contribution in [1.82, 2.24) is 4.90 Å². The highest BCUT2D eigenvalue weighted by Gasteiger charge is 2.51. The first-order valence-electron chi connectivity index (χ1n) is 10.7. The van der Waals surface area contributed by atoms with Crippen LogP contribution in [0.15, 0.2) is 0 Å². The molecule has 28 heavy (non-hydrogen) atoms. The molecule has 1 fully saturated rings. The van der Waals surface area contributed by atoms with Gasteiger partial charge in [-0.15, -0.1) is 0 Å². The number of carbonyl (C=O) groups excluding carboxylic acids is 1. The number of rotatable bonds is 7. The van der Waals surface area contributed by atoms with Gasteiger partial charge in [-0.1, -0.05) is 34.6 Å². The van der Waals surface area contributed by atoms with Gasteiger partial charge in [0.05, 0.1) is 18.2 Å². The lowest BCUT2D eigenvalue weighted by Crippen LogP contribution is -2.52.